The molecule has 1 unspecified atom stereocenters. The predicted octanol–water partition coefficient (Wildman–Crippen LogP) is 0.0191. The summed E-state index contributed by atoms with van der Waals surface area (Å²) in [5.41, 5.74) is 2.04. The second kappa shape index (κ2) is 3.30. The molecule has 4 heteroatoms. The summed E-state index contributed by atoms with van der Waals surface area (Å²) < 4.78 is 0. The Morgan fingerprint density at radius 3 is 3.38 bits per heavy atom. The highest BCUT2D eigenvalue weighted by Gasteiger charge is 2.22. The first kappa shape index (κ1) is 8.44. The normalized spacial score (nSPS) is 20.2. The molecular weight excluding hydrogens is 166 g/mol. The van der Waals surface area contributed by atoms with Crippen LogP contribution < -0.4 is 11.0 Å². The molecule has 4 nitrogen and oxygen atoms in total. The summed E-state index contributed by atoms with van der Waals surface area (Å²) in [5, 5.41) is 3.15. The van der Waals surface area contributed by atoms with Gasteiger partial charge in [-0.1, -0.05) is 0 Å². The molecule has 70 valence electrons. The van der Waals surface area contributed by atoms with Crippen LogP contribution in [-0.2, 0) is 6.42 Å². The molecule has 1 atom stereocenters. The number of likely N-dealkylation sites (N-methyl/N-ethyl adjacent to an activating group) is 1. The van der Waals surface area contributed by atoms with E-state index in [1.807, 2.05) is 7.05 Å². The Kier molecular flexibility index (Phi) is 2.14. The third-order valence-corrected chi connectivity index (χ3v) is 2.56. The molecule has 2 rings (SSSR count). The van der Waals surface area contributed by atoms with E-state index >= 15 is 0 Å². The monoisotopic (exact) mass is 179 g/mol. The number of aryl methyl sites for hydroxylation is 1. The van der Waals surface area contributed by atoms with Crippen molar-refractivity contribution in [1.29, 1.82) is 0 Å². The third kappa shape index (κ3) is 1.49. The number of nitrogens with zero attached hydrogens (tertiary/aromatic N) is 1. The Labute approximate surface area is 76.4 Å². The van der Waals surface area contributed by atoms with E-state index in [0.717, 1.165) is 25.1 Å². The summed E-state index contributed by atoms with van der Waals surface area (Å²) in [4.78, 5) is 17.4. The van der Waals surface area contributed by atoms with Crippen LogP contribution in [0.15, 0.2) is 11.0 Å². The number of aromatic amines is 1. The maximum absolute atomic E-state index is 10.9. The van der Waals surface area contributed by atoms with Crippen LogP contribution in [0.3, 0.4) is 0 Å². The van der Waals surface area contributed by atoms with Crippen molar-refractivity contribution in [3.63, 3.8) is 0 Å². The van der Waals surface area contributed by atoms with Crippen LogP contribution in [0.1, 0.15) is 23.6 Å². The van der Waals surface area contributed by atoms with Crippen molar-refractivity contribution >= 4 is 0 Å². The molecule has 13 heavy (non-hydrogen) atoms. The number of H-pyrrole nitrogens is 1. The lowest BCUT2D eigenvalue weighted by Crippen LogP contribution is -2.17. The zero-order chi connectivity index (χ0) is 9.26. The summed E-state index contributed by atoms with van der Waals surface area (Å²) in [6, 6.07) is 0. The second-order valence-corrected chi connectivity index (χ2v) is 3.42. The van der Waals surface area contributed by atoms with Gasteiger partial charge >= 0.3 is 5.69 Å². The zero-order valence-electron chi connectivity index (χ0n) is 7.63. The number of nitrogens with one attached hydrogen (secondary N) is 2. The van der Waals surface area contributed by atoms with Crippen LogP contribution in [0, 0.1) is 0 Å². The average Bonchev–Trinajstić information content (AvgIpc) is 2.49. The molecule has 1 aromatic heterocycles. The Balaban J connectivity index is 2.32. The SMILES string of the molecule is CNCC1CCc2[nH]c(=O)ncc21. The van der Waals surface area contributed by atoms with E-state index < -0.39 is 0 Å². The van der Waals surface area contributed by atoms with E-state index in [9.17, 15) is 4.79 Å². The molecule has 1 aliphatic rings. The molecule has 0 spiro atoms. The Hall–Kier alpha value is -1.16. The van der Waals surface area contributed by atoms with Gasteiger partial charge in [0.2, 0.25) is 0 Å². The summed E-state index contributed by atoms with van der Waals surface area (Å²) >= 11 is 0. The largest absolute Gasteiger partial charge is 0.345 e. The third-order valence-electron chi connectivity index (χ3n) is 2.56. The van der Waals surface area contributed by atoms with Gasteiger partial charge in [-0.3, -0.25) is 0 Å². The lowest BCUT2D eigenvalue weighted by atomic mass is 10.1. The highest BCUT2D eigenvalue weighted by molar-refractivity contribution is 5.26. The van der Waals surface area contributed by atoms with Crippen LogP contribution in [0.5, 0.6) is 0 Å². The van der Waals surface area contributed by atoms with Crippen LogP contribution in [0.2, 0.25) is 0 Å². The van der Waals surface area contributed by atoms with Gasteiger partial charge in [-0.15, -0.1) is 0 Å². The van der Waals surface area contributed by atoms with E-state index in [4.69, 9.17) is 0 Å². The van der Waals surface area contributed by atoms with Gasteiger partial charge in [0, 0.05) is 18.4 Å². The fraction of sp³-hybridized carbons (Fsp3) is 0.556. The Morgan fingerprint density at radius 2 is 2.62 bits per heavy atom. The molecule has 1 heterocycles. The van der Waals surface area contributed by atoms with Crippen LogP contribution in [0.4, 0.5) is 0 Å². The average molecular weight is 179 g/mol. The summed E-state index contributed by atoms with van der Waals surface area (Å²) in [5.74, 6) is 0.518. The fourth-order valence-corrected chi connectivity index (χ4v) is 1.93. The van der Waals surface area contributed by atoms with Gasteiger partial charge in [0.15, 0.2) is 0 Å². The van der Waals surface area contributed by atoms with E-state index in [0.29, 0.717) is 5.92 Å². The van der Waals surface area contributed by atoms with Gasteiger partial charge in [0.25, 0.3) is 0 Å². The minimum Gasteiger partial charge on any atom is -0.319 e. The number of fused-ring (bicyclic) bond motifs is 1. The van der Waals surface area contributed by atoms with E-state index in [1.54, 1.807) is 6.20 Å². The molecule has 0 radical (unpaired) electrons. The maximum atomic E-state index is 10.9. The Bertz CT molecular complexity index is 358. The van der Waals surface area contributed by atoms with Gasteiger partial charge in [0.1, 0.15) is 0 Å². The van der Waals surface area contributed by atoms with Crippen LogP contribution in [-0.4, -0.2) is 23.6 Å². The van der Waals surface area contributed by atoms with E-state index in [-0.39, 0.29) is 5.69 Å². The molecule has 0 amide bonds. The van der Waals surface area contributed by atoms with Crippen molar-refractivity contribution in [2.24, 2.45) is 0 Å². The van der Waals surface area contributed by atoms with Crippen molar-refractivity contribution in [3.05, 3.63) is 27.9 Å². The first-order valence-electron chi connectivity index (χ1n) is 4.54. The van der Waals surface area contributed by atoms with Crippen molar-refractivity contribution in [3.8, 4) is 0 Å². The highest BCUT2D eigenvalue weighted by atomic mass is 16.1. The van der Waals surface area contributed by atoms with Gasteiger partial charge in [-0.2, -0.15) is 0 Å². The van der Waals surface area contributed by atoms with Gasteiger partial charge in [-0.05, 0) is 31.4 Å². The van der Waals surface area contributed by atoms with Crippen LogP contribution in [0.25, 0.3) is 0 Å². The minimum atomic E-state index is -0.233. The fourth-order valence-electron chi connectivity index (χ4n) is 1.93. The molecule has 1 aromatic rings. The molecule has 0 saturated carbocycles. The standard InChI is InChI=1S/C9H13N3O/c1-10-4-6-2-3-8-7(6)5-11-9(13)12-8/h5-6,10H,2-4H2,1H3,(H,11,12,13). The lowest BCUT2D eigenvalue weighted by Gasteiger charge is -2.08. The quantitative estimate of drug-likeness (QED) is 0.673. The van der Waals surface area contributed by atoms with Crippen molar-refractivity contribution in [2.75, 3.05) is 13.6 Å². The summed E-state index contributed by atoms with van der Waals surface area (Å²) in [6.07, 6.45) is 3.79. The topological polar surface area (TPSA) is 57.8 Å². The molecular formula is C9H13N3O. The van der Waals surface area contributed by atoms with Crippen LogP contribution >= 0.6 is 0 Å². The molecule has 0 fully saturated rings. The highest BCUT2D eigenvalue weighted by Crippen LogP contribution is 2.29. The van der Waals surface area contributed by atoms with E-state index in [2.05, 4.69) is 15.3 Å². The first-order chi connectivity index (χ1) is 6.31. The van der Waals surface area contributed by atoms with Crippen molar-refractivity contribution < 1.29 is 0 Å². The lowest BCUT2D eigenvalue weighted by molar-refractivity contribution is 0.622. The number of hydrogen-bond donors (Lipinski definition) is 2. The number of aromatic nitrogens is 2. The summed E-state index contributed by atoms with van der Waals surface area (Å²) in [6.45, 7) is 0.959. The first-order valence-corrected chi connectivity index (χ1v) is 4.54. The minimum absolute atomic E-state index is 0.233. The number of hydrogen-bond acceptors (Lipinski definition) is 3. The second-order valence-electron chi connectivity index (χ2n) is 3.42. The van der Waals surface area contributed by atoms with Gasteiger partial charge in [0.05, 0.1) is 0 Å². The van der Waals surface area contributed by atoms with E-state index in [1.165, 1.54) is 5.56 Å². The van der Waals surface area contributed by atoms with Crippen molar-refractivity contribution in [1.82, 2.24) is 15.3 Å². The molecule has 0 aliphatic heterocycles. The summed E-state index contributed by atoms with van der Waals surface area (Å²) in [7, 11) is 1.94. The van der Waals surface area contributed by atoms with Crippen molar-refractivity contribution in [2.45, 2.75) is 18.8 Å². The molecule has 0 saturated heterocycles. The molecule has 1 aliphatic carbocycles. The molecule has 0 bridgehead atoms. The maximum Gasteiger partial charge on any atom is 0.345 e. The zero-order valence-corrected chi connectivity index (χ0v) is 7.63. The smallest absolute Gasteiger partial charge is 0.319 e. The molecule has 2 N–H and O–H groups in total. The van der Waals surface area contributed by atoms with Gasteiger partial charge < -0.3 is 10.3 Å². The predicted molar refractivity (Wildman–Crippen MR) is 49.8 cm³/mol. The molecule has 0 aromatic carbocycles. The Morgan fingerprint density at radius 1 is 1.77 bits per heavy atom. The van der Waals surface area contributed by atoms with Gasteiger partial charge in [-0.25, -0.2) is 9.78 Å². The number of rotatable bonds is 2.